The summed E-state index contributed by atoms with van der Waals surface area (Å²) in [5.41, 5.74) is 0. The normalized spacial score (nSPS) is 15.4. The average molecular weight is 227 g/mol. The van der Waals surface area contributed by atoms with E-state index in [0.717, 1.165) is 24.7 Å². The Kier molecular flexibility index (Phi) is 2.62. The monoisotopic (exact) mass is 227 g/mol. The minimum absolute atomic E-state index is 0.249. The molecule has 0 atom stereocenters. The van der Waals surface area contributed by atoms with Crippen molar-refractivity contribution in [1.82, 2.24) is 9.97 Å². The van der Waals surface area contributed by atoms with E-state index < -0.39 is 0 Å². The first-order valence-electron chi connectivity index (χ1n) is 5.64. The Bertz CT molecular complexity index is 469. The highest BCUT2D eigenvalue weighted by atomic mass is 16.5. The molecule has 0 bridgehead atoms. The van der Waals surface area contributed by atoms with Gasteiger partial charge in [-0.2, -0.15) is 0 Å². The lowest BCUT2D eigenvalue weighted by atomic mass is 10.1. The van der Waals surface area contributed by atoms with Gasteiger partial charge in [0.2, 0.25) is 0 Å². The quantitative estimate of drug-likeness (QED) is 0.800. The predicted molar refractivity (Wildman–Crippen MR) is 65.1 cm³/mol. The molecule has 0 spiro atoms. The van der Waals surface area contributed by atoms with Crippen LogP contribution in [0, 0.1) is 0 Å². The number of para-hydroxylation sites is 1. The van der Waals surface area contributed by atoms with Gasteiger partial charge in [0.15, 0.2) is 0 Å². The molecule has 0 saturated carbocycles. The lowest BCUT2D eigenvalue weighted by Crippen LogP contribution is -2.54. The molecular formula is C13H13N3O. The summed E-state index contributed by atoms with van der Waals surface area (Å²) >= 11 is 0. The van der Waals surface area contributed by atoms with E-state index in [-0.39, 0.29) is 6.10 Å². The second-order valence-corrected chi connectivity index (χ2v) is 4.02. The third-order valence-electron chi connectivity index (χ3n) is 2.77. The molecule has 86 valence electrons. The van der Waals surface area contributed by atoms with E-state index in [1.165, 1.54) is 0 Å². The number of benzene rings is 1. The van der Waals surface area contributed by atoms with Gasteiger partial charge in [0.1, 0.15) is 17.7 Å². The van der Waals surface area contributed by atoms with Crippen molar-refractivity contribution in [3.8, 4) is 5.75 Å². The lowest BCUT2D eigenvalue weighted by molar-refractivity contribution is 0.167. The molecule has 0 unspecified atom stereocenters. The van der Waals surface area contributed by atoms with E-state index in [9.17, 15) is 0 Å². The molecule has 2 aromatic rings. The highest BCUT2D eigenvalue weighted by Crippen LogP contribution is 2.21. The molecule has 4 nitrogen and oxygen atoms in total. The molecule has 17 heavy (non-hydrogen) atoms. The van der Waals surface area contributed by atoms with Crippen LogP contribution < -0.4 is 9.64 Å². The van der Waals surface area contributed by atoms with Crippen molar-refractivity contribution >= 4 is 5.82 Å². The molecule has 2 heterocycles. The van der Waals surface area contributed by atoms with Crippen LogP contribution in [0.2, 0.25) is 0 Å². The molecule has 3 rings (SSSR count). The van der Waals surface area contributed by atoms with Crippen molar-refractivity contribution < 1.29 is 4.74 Å². The summed E-state index contributed by atoms with van der Waals surface area (Å²) in [6.07, 6.45) is 5.42. The fourth-order valence-electron chi connectivity index (χ4n) is 1.85. The van der Waals surface area contributed by atoms with Gasteiger partial charge in [-0.1, -0.05) is 18.2 Å². The summed E-state index contributed by atoms with van der Waals surface area (Å²) in [7, 11) is 0. The summed E-state index contributed by atoms with van der Waals surface area (Å²) in [5.74, 6) is 1.84. The minimum atomic E-state index is 0.249. The number of rotatable bonds is 3. The number of hydrogen-bond acceptors (Lipinski definition) is 4. The van der Waals surface area contributed by atoms with E-state index in [1.54, 1.807) is 18.6 Å². The van der Waals surface area contributed by atoms with Gasteiger partial charge in [0.25, 0.3) is 0 Å². The molecule has 1 aromatic carbocycles. The van der Waals surface area contributed by atoms with Gasteiger partial charge in [-0.25, -0.2) is 4.98 Å². The van der Waals surface area contributed by atoms with Crippen molar-refractivity contribution in [2.24, 2.45) is 0 Å². The van der Waals surface area contributed by atoms with Crippen LogP contribution in [0.15, 0.2) is 48.9 Å². The second kappa shape index (κ2) is 4.41. The third kappa shape index (κ3) is 2.20. The summed E-state index contributed by atoms with van der Waals surface area (Å²) in [5, 5.41) is 0. The Hall–Kier alpha value is -2.10. The van der Waals surface area contributed by atoms with Gasteiger partial charge in [-0.05, 0) is 12.1 Å². The standard InChI is InChI=1S/C13H13N3O/c1-2-4-11(5-3-1)17-12-9-16(10-12)13-8-14-6-7-15-13/h1-8,12H,9-10H2. The smallest absolute Gasteiger partial charge is 0.147 e. The molecule has 1 fully saturated rings. The van der Waals surface area contributed by atoms with Gasteiger partial charge in [0, 0.05) is 12.4 Å². The van der Waals surface area contributed by atoms with E-state index in [0.29, 0.717) is 0 Å². The summed E-state index contributed by atoms with van der Waals surface area (Å²) < 4.78 is 5.81. The third-order valence-corrected chi connectivity index (χ3v) is 2.77. The van der Waals surface area contributed by atoms with Crippen LogP contribution in [0.25, 0.3) is 0 Å². The number of anilines is 1. The zero-order valence-corrected chi connectivity index (χ0v) is 9.36. The number of nitrogens with zero attached hydrogens (tertiary/aromatic N) is 3. The molecule has 0 amide bonds. The Morgan fingerprint density at radius 3 is 2.65 bits per heavy atom. The predicted octanol–water partition coefficient (Wildman–Crippen LogP) is 1.74. The zero-order valence-electron chi connectivity index (χ0n) is 9.36. The number of aromatic nitrogens is 2. The van der Waals surface area contributed by atoms with Gasteiger partial charge in [-0.15, -0.1) is 0 Å². The molecular weight excluding hydrogens is 214 g/mol. The Morgan fingerprint density at radius 2 is 1.94 bits per heavy atom. The van der Waals surface area contributed by atoms with Crippen LogP contribution in [-0.2, 0) is 0 Å². The van der Waals surface area contributed by atoms with E-state index in [4.69, 9.17) is 4.74 Å². The lowest BCUT2D eigenvalue weighted by Gasteiger charge is -2.39. The first-order valence-corrected chi connectivity index (χ1v) is 5.64. The largest absolute Gasteiger partial charge is 0.487 e. The first-order chi connectivity index (χ1) is 8.42. The highest BCUT2D eigenvalue weighted by molar-refractivity contribution is 5.39. The molecule has 1 saturated heterocycles. The van der Waals surface area contributed by atoms with Gasteiger partial charge >= 0.3 is 0 Å². The van der Waals surface area contributed by atoms with Crippen molar-refractivity contribution in [3.05, 3.63) is 48.9 Å². The average Bonchev–Trinajstić information content (AvgIpc) is 2.36. The van der Waals surface area contributed by atoms with Crippen LogP contribution in [0.1, 0.15) is 0 Å². The van der Waals surface area contributed by atoms with E-state index in [1.807, 2.05) is 30.3 Å². The molecule has 0 radical (unpaired) electrons. The van der Waals surface area contributed by atoms with Crippen molar-refractivity contribution in [3.63, 3.8) is 0 Å². The van der Waals surface area contributed by atoms with Gasteiger partial charge in [-0.3, -0.25) is 4.98 Å². The minimum Gasteiger partial charge on any atom is -0.487 e. The van der Waals surface area contributed by atoms with E-state index in [2.05, 4.69) is 14.9 Å². The Labute approximate surface area is 99.9 Å². The van der Waals surface area contributed by atoms with Crippen molar-refractivity contribution in [2.75, 3.05) is 18.0 Å². The van der Waals surface area contributed by atoms with E-state index >= 15 is 0 Å². The Morgan fingerprint density at radius 1 is 1.12 bits per heavy atom. The number of ether oxygens (including phenoxy) is 1. The van der Waals surface area contributed by atoms with Crippen LogP contribution >= 0.6 is 0 Å². The van der Waals surface area contributed by atoms with Crippen LogP contribution in [0.5, 0.6) is 5.75 Å². The molecule has 0 N–H and O–H groups in total. The molecule has 1 aliphatic heterocycles. The Balaban J connectivity index is 1.56. The first kappa shape index (κ1) is 10.1. The highest BCUT2D eigenvalue weighted by Gasteiger charge is 2.29. The molecule has 1 aliphatic rings. The maximum absolute atomic E-state index is 5.81. The molecule has 4 heteroatoms. The summed E-state index contributed by atoms with van der Waals surface area (Å²) in [4.78, 5) is 10.5. The zero-order chi connectivity index (χ0) is 11.5. The SMILES string of the molecule is c1ccc(OC2CN(c3cnccn3)C2)cc1. The molecule has 1 aromatic heterocycles. The summed E-state index contributed by atoms with van der Waals surface area (Å²) in [6.45, 7) is 1.74. The van der Waals surface area contributed by atoms with Crippen LogP contribution in [0.4, 0.5) is 5.82 Å². The van der Waals surface area contributed by atoms with Crippen LogP contribution in [-0.4, -0.2) is 29.2 Å². The topological polar surface area (TPSA) is 38.2 Å². The van der Waals surface area contributed by atoms with Crippen LogP contribution in [0.3, 0.4) is 0 Å². The fourth-order valence-corrected chi connectivity index (χ4v) is 1.85. The number of hydrogen-bond donors (Lipinski definition) is 0. The summed E-state index contributed by atoms with van der Waals surface area (Å²) in [6, 6.07) is 9.90. The maximum atomic E-state index is 5.81. The molecule has 0 aliphatic carbocycles. The maximum Gasteiger partial charge on any atom is 0.147 e. The van der Waals surface area contributed by atoms with Crippen molar-refractivity contribution in [2.45, 2.75) is 6.10 Å². The van der Waals surface area contributed by atoms with Gasteiger partial charge in [0.05, 0.1) is 19.3 Å². The van der Waals surface area contributed by atoms with Crippen molar-refractivity contribution in [1.29, 1.82) is 0 Å². The van der Waals surface area contributed by atoms with Gasteiger partial charge < -0.3 is 9.64 Å². The second-order valence-electron chi connectivity index (χ2n) is 4.02. The fraction of sp³-hybridized carbons (Fsp3) is 0.231.